The molecule has 8 nitrogen and oxygen atoms in total. The normalized spacial score (nSPS) is 11.2. The summed E-state index contributed by atoms with van der Waals surface area (Å²) in [6, 6.07) is 15.9. The van der Waals surface area contributed by atoms with Crippen LogP contribution in [0.4, 0.5) is 18.9 Å². The van der Waals surface area contributed by atoms with Gasteiger partial charge in [0.15, 0.2) is 0 Å². The van der Waals surface area contributed by atoms with Crippen LogP contribution in [0.5, 0.6) is 0 Å². The number of hydrazine groups is 1. The summed E-state index contributed by atoms with van der Waals surface area (Å²) in [4.78, 5) is 24.1. The summed E-state index contributed by atoms with van der Waals surface area (Å²) in [6.45, 7) is 0. The van der Waals surface area contributed by atoms with Crippen molar-refractivity contribution in [3.63, 3.8) is 0 Å². The molecule has 0 bridgehead atoms. The number of rotatable bonds is 5. The van der Waals surface area contributed by atoms with E-state index in [1.54, 1.807) is 0 Å². The van der Waals surface area contributed by atoms with Gasteiger partial charge in [-0.1, -0.05) is 18.2 Å². The van der Waals surface area contributed by atoms with Crippen LogP contribution >= 0.6 is 0 Å². The zero-order valence-corrected chi connectivity index (χ0v) is 17.9. The Morgan fingerprint density at radius 3 is 2.03 bits per heavy atom. The molecule has 0 aliphatic carbocycles. The van der Waals surface area contributed by atoms with Gasteiger partial charge in [0.25, 0.3) is 21.8 Å². The van der Waals surface area contributed by atoms with E-state index in [0.29, 0.717) is 6.07 Å². The van der Waals surface area contributed by atoms with Gasteiger partial charge in [-0.25, -0.2) is 8.42 Å². The van der Waals surface area contributed by atoms with E-state index in [-0.39, 0.29) is 27.3 Å². The van der Waals surface area contributed by atoms with Crippen LogP contribution in [0.3, 0.4) is 0 Å². The summed E-state index contributed by atoms with van der Waals surface area (Å²) in [5.74, 6) is -1.55. The number of anilines is 1. The molecule has 3 aromatic carbocycles. The quantitative estimate of drug-likeness (QED) is 0.474. The minimum absolute atomic E-state index is 0.112. The lowest BCUT2D eigenvalue weighted by molar-refractivity contribution is -0.137. The summed E-state index contributed by atoms with van der Waals surface area (Å²) in [7, 11) is -4.33. The number of amides is 2. The summed E-state index contributed by atoms with van der Waals surface area (Å²) in [5, 5.41) is 8.89. The van der Waals surface area contributed by atoms with Gasteiger partial charge in [-0.05, 0) is 54.6 Å². The molecule has 3 rings (SSSR count). The molecular formula is C22H15F3N4O4S. The van der Waals surface area contributed by atoms with E-state index in [9.17, 15) is 31.2 Å². The van der Waals surface area contributed by atoms with Crippen LogP contribution in [0.1, 0.15) is 31.8 Å². The zero-order valence-electron chi connectivity index (χ0n) is 17.1. The van der Waals surface area contributed by atoms with Crippen molar-refractivity contribution in [2.75, 3.05) is 4.72 Å². The minimum Gasteiger partial charge on any atom is -0.280 e. The molecule has 0 fully saturated rings. The summed E-state index contributed by atoms with van der Waals surface area (Å²) in [5.41, 5.74) is 3.15. The first kappa shape index (κ1) is 24.3. The van der Waals surface area contributed by atoms with Gasteiger partial charge in [0.05, 0.1) is 22.1 Å². The van der Waals surface area contributed by atoms with E-state index in [2.05, 4.69) is 10.9 Å². The highest BCUT2D eigenvalue weighted by atomic mass is 32.2. The van der Waals surface area contributed by atoms with Crippen molar-refractivity contribution in [1.82, 2.24) is 10.9 Å². The molecule has 0 aliphatic rings. The lowest BCUT2D eigenvalue weighted by Crippen LogP contribution is -2.41. The zero-order chi connectivity index (χ0) is 24.9. The van der Waals surface area contributed by atoms with Crippen molar-refractivity contribution in [2.45, 2.75) is 11.1 Å². The Morgan fingerprint density at radius 1 is 0.824 bits per heavy atom. The van der Waals surface area contributed by atoms with Crippen molar-refractivity contribution >= 4 is 27.5 Å². The summed E-state index contributed by atoms with van der Waals surface area (Å²) >= 11 is 0. The van der Waals surface area contributed by atoms with Crippen LogP contribution in [-0.2, 0) is 16.2 Å². The SMILES string of the molecule is N#Cc1cccc(C(=O)NNC(=O)c2cccc(S(=O)(=O)Nc3cccc(C(F)(F)F)c3)c2)c1. The monoisotopic (exact) mass is 488 g/mol. The molecule has 12 heteroatoms. The second-order valence-corrected chi connectivity index (χ2v) is 8.50. The van der Waals surface area contributed by atoms with Gasteiger partial charge in [0.2, 0.25) is 0 Å². The van der Waals surface area contributed by atoms with E-state index in [4.69, 9.17) is 5.26 Å². The van der Waals surface area contributed by atoms with Crippen LogP contribution in [0.25, 0.3) is 0 Å². The number of nitrogens with one attached hydrogen (secondary N) is 3. The molecule has 34 heavy (non-hydrogen) atoms. The minimum atomic E-state index is -4.65. The van der Waals surface area contributed by atoms with Gasteiger partial charge in [-0.3, -0.25) is 25.2 Å². The number of carbonyl (C=O) groups is 2. The fourth-order valence-corrected chi connectivity index (χ4v) is 3.86. The largest absolute Gasteiger partial charge is 0.416 e. The van der Waals surface area contributed by atoms with E-state index in [0.717, 1.165) is 30.3 Å². The molecule has 3 N–H and O–H groups in total. The van der Waals surface area contributed by atoms with E-state index in [1.165, 1.54) is 36.4 Å². The molecule has 174 valence electrons. The molecule has 3 aromatic rings. The van der Waals surface area contributed by atoms with Gasteiger partial charge < -0.3 is 0 Å². The highest BCUT2D eigenvalue weighted by Crippen LogP contribution is 2.31. The molecule has 0 aliphatic heterocycles. The fourth-order valence-electron chi connectivity index (χ4n) is 2.77. The highest BCUT2D eigenvalue weighted by Gasteiger charge is 2.30. The molecule has 0 unspecified atom stereocenters. The number of sulfonamides is 1. The molecule has 2 amide bonds. The maximum Gasteiger partial charge on any atom is 0.416 e. The Kier molecular flexibility index (Phi) is 6.88. The highest BCUT2D eigenvalue weighted by molar-refractivity contribution is 7.92. The first-order chi connectivity index (χ1) is 16.0. The van der Waals surface area contributed by atoms with Gasteiger partial charge >= 0.3 is 6.18 Å². The van der Waals surface area contributed by atoms with Crippen molar-refractivity contribution < 1.29 is 31.2 Å². The maximum atomic E-state index is 12.9. The van der Waals surface area contributed by atoms with Crippen molar-refractivity contribution in [2.24, 2.45) is 0 Å². The average Bonchev–Trinajstić information content (AvgIpc) is 2.81. The topological polar surface area (TPSA) is 128 Å². The Morgan fingerprint density at radius 2 is 1.41 bits per heavy atom. The molecule has 0 saturated heterocycles. The Labute approximate surface area is 192 Å². The van der Waals surface area contributed by atoms with Crippen LogP contribution in [0.2, 0.25) is 0 Å². The number of alkyl halides is 3. The summed E-state index contributed by atoms with van der Waals surface area (Å²) in [6.07, 6.45) is -4.65. The number of nitriles is 1. The fraction of sp³-hybridized carbons (Fsp3) is 0.0455. The van der Waals surface area contributed by atoms with Gasteiger partial charge in [-0.2, -0.15) is 18.4 Å². The summed E-state index contributed by atoms with van der Waals surface area (Å²) < 4.78 is 65.9. The third-order valence-corrected chi connectivity index (χ3v) is 5.77. The molecule has 0 saturated carbocycles. The van der Waals surface area contributed by atoms with Gasteiger partial charge in [0, 0.05) is 16.8 Å². The van der Waals surface area contributed by atoms with Crippen LogP contribution in [0, 0.1) is 11.3 Å². The number of nitrogens with zero attached hydrogens (tertiary/aromatic N) is 1. The maximum absolute atomic E-state index is 12.9. The Bertz CT molecular complexity index is 1400. The molecule has 0 radical (unpaired) electrons. The van der Waals surface area contributed by atoms with Crippen LogP contribution < -0.4 is 15.6 Å². The predicted octanol–water partition coefficient (Wildman–Crippen LogP) is 3.45. The number of halogens is 3. The average molecular weight is 488 g/mol. The van der Waals surface area contributed by atoms with Crippen LogP contribution in [0.15, 0.2) is 77.7 Å². The smallest absolute Gasteiger partial charge is 0.280 e. The number of carbonyl (C=O) groups excluding carboxylic acids is 2. The first-order valence-electron chi connectivity index (χ1n) is 9.40. The second kappa shape index (κ2) is 9.63. The molecular weight excluding hydrogens is 473 g/mol. The third-order valence-electron chi connectivity index (χ3n) is 4.39. The lowest BCUT2D eigenvalue weighted by atomic mass is 10.1. The van der Waals surface area contributed by atoms with E-state index < -0.39 is 33.6 Å². The molecule has 0 atom stereocenters. The van der Waals surface area contributed by atoms with Crippen molar-refractivity contribution in [3.05, 3.63) is 95.1 Å². The Hall–Kier alpha value is -4.37. The molecule has 0 aromatic heterocycles. The number of hydrogen-bond donors (Lipinski definition) is 3. The van der Waals surface area contributed by atoms with Gasteiger partial charge in [0.1, 0.15) is 0 Å². The van der Waals surface area contributed by atoms with Crippen LogP contribution in [-0.4, -0.2) is 20.2 Å². The Balaban J connectivity index is 1.72. The number of hydrogen-bond acceptors (Lipinski definition) is 5. The van der Waals surface area contributed by atoms with E-state index >= 15 is 0 Å². The standard InChI is InChI=1S/C22H15F3N4O4S/c23-22(24,25)17-7-3-8-18(12-17)29-34(32,33)19-9-2-6-16(11-19)21(31)28-27-20(30)15-5-1-4-14(10-15)13-26/h1-12,29H,(H,27,30)(H,28,31). The second-order valence-electron chi connectivity index (χ2n) is 6.81. The molecule has 0 spiro atoms. The first-order valence-corrected chi connectivity index (χ1v) is 10.9. The van der Waals surface area contributed by atoms with Gasteiger partial charge in [-0.15, -0.1) is 0 Å². The van der Waals surface area contributed by atoms with Crippen molar-refractivity contribution in [3.8, 4) is 6.07 Å². The number of benzene rings is 3. The third kappa shape index (κ3) is 5.90. The van der Waals surface area contributed by atoms with E-state index in [1.807, 2.05) is 10.8 Å². The predicted molar refractivity (Wildman–Crippen MR) is 115 cm³/mol. The molecule has 0 heterocycles. The lowest BCUT2D eigenvalue weighted by Gasteiger charge is -2.12. The van der Waals surface area contributed by atoms with Crippen molar-refractivity contribution in [1.29, 1.82) is 5.26 Å².